The Morgan fingerprint density at radius 2 is 2.00 bits per heavy atom. The van der Waals surface area contributed by atoms with Gasteiger partial charge >= 0.3 is 5.97 Å². The lowest BCUT2D eigenvalue weighted by Gasteiger charge is -2.18. The van der Waals surface area contributed by atoms with Crippen molar-refractivity contribution in [2.75, 3.05) is 6.54 Å². The van der Waals surface area contributed by atoms with Crippen molar-refractivity contribution in [3.63, 3.8) is 0 Å². The van der Waals surface area contributed by atoms with Crippen molar-refractivity contribution < 1.29 is 9.90 Å². The topological polar surface area (TPSA) is 49.3 Å². The minimum absolute atomic E-state index is 0.356. The summed E-state index contributed by atoms with van der Waals surface area (Å²) in [6.45, 7) is 5.00. The largest absolute Gasteiger partial charge is 0.480 e. The fourth-order valence-electron chi connectivity index (χ4n) is 2.27. The van der Waals surface area contributed by atoms with E-state index < -0.39 is 5.97 Å². The lowest BCUT2D eigenvalue weighted by Crippen LogP contribution is -2.40. The van der Waals surface area contributed by atoms with Crippen molar-refractivity contribution in [2.45, 2.75) is 52.0 Å². The number of carboxylic acids is 1. The summed E-state index contributed by atoms with van der Waals surface area (Å²) < 4.78 is 0. The molecule has 0 spiro atoms. The van der Waals surface area contributed by atoms with Gasteiger partial charge in [0.2, 0.25) is 0 Å². The Kier molecular flexibility index (Phi) is 5.09. The molecule has 0 radical (unpaired) electrons. The average Bonchev–Trinajstić information content (AvgIpc) is 2.63. The fraction of sp³-hybridized carbons (Fsp3) is 0.917. The van der Waals surface area contributed by atoms with Crippen LogP contribution in [-0.2, 0) is 4.79 Å². The van der Waals surface area contributed by atoms with E-state index in [2.05, 4.69) is 19.2 Å². The highest BCUT2D eigenvalue weighted by Crippen LogP contribution is 2.24. The van der Waals surface area contributed by atoms with Crippen LogP contribution in [0.15, 0.2) is 0 Å². The quantitative estimate of drug-likeness (QED) is 0.711. The molecule has 0 aromatic rings. The number of carboxylic acid groups (broad SMARTS) is 1. The average molecular weight is 213 g/mol. The van der Waals surface area contributed by atoms with Crippen molar-refractivity contribution >= 4 is 5.97 Å². The van der Waals surface area contributed by atoms with Crippen molar-refractivity contribution in [3.8, 4) is 0 Å². The lowest BCUT2D eigenvalue weighted by molar-refractivity contribution is -0.140. The Balaban J connectivity index is 2.27. The number of hydrogen-bond donors (Lipinski definition) is 2. The molecule has 88 valence electrons. The summed E-state index contributed by atoms with van der Waals surface area (Å²) in [7, 11) is 0. The van der Waals surface area contributed by atoms with E-state index in [9.17, 15) is 4.79 Å². The standard InChI is InChI=1S/C12H23NO2/c1-9(2)7-11(12(14)15)13-8-10-5-3-4-6-10/h9-11,13H,3-8H2,1-2H3,(H,14,15). The Morgan fingerprint density at radius 3 is 2.47 bits per heavy atom. The highest BCUT2D eigenvalue weighted by molar-refractivity contribution is 5.73. The molecule has 1 saturated carbocycles. The highest BCUT2D eigenvalue weighted by Gasteiger charge is 2.21. The first kappa shape index (κ1) is 12.5. The summed E-state index contributed by atoms with van der Waals surface area (Å²) in [4.78, 5) is 11.0. The van der Waals surface area contributed by atoms with E-state index in [4.69, 9.17) is 5.11 Å². The molecule has 1 rings (SSSR count). The van der Waals surface area contributed by atoms with Crippen LogP contribution in [0.3, 0.4) is 0 Å². The smallest absolute Gasteiger partial charge is 0.320 e. The zero-order chi connectivity index (χ0) is 11.3. The minimum Gasteiger partial charge on any atom is -0.480 e. The number of aliphatic carboxylic acids is 1. The SMILES string of the molecule is CC(C)CC(NCC1CCCC1)C(=O)O. The van der Waals surface area contributed by atoms with Crippen molar-refractivity contribution in [1.29, 1.82) is 0 Å². The predicted octanol–water partition coefficient (Wildman–Crippen LogP) is 2.27. The second-order valence-corrected chi connectivity index (χ2v) is 5.08. The Bertz CT molecular complexity index is 198. The van der Waals surface area contributed by atoms with Gasteiger partial charge in [-0.2, -0.15) is 0 Å². The summed E-state index contributed by atoms with van der Waals surface area (Å²) in [5.74, 6) is 0.433. The molecule has 0 bridgehead atoms. The summed E-state index contributed by atoms with van der Waals surface area (Å²) >= 11 is 0. The second kappa shape index (κ2) is 6.11. The van der Waals surface area contributed by atoms with Gasteiger partial charge < -0.3 is 10.4 Å². The Labute approximate surface area is 92.3 Å². The molecule has 15 heavy (non-hydrogen) atoms. The lowest BCUT2D eigenvalue weighted by atomic mass is 10.0. The molecule has 1 fully saturated rings. The maximum atomic E-state index is 11.0. The van der Waals surface area contributed by atoms with Gasteiger partial charge in [-0.05, 0) is 37.6 Å². The first-order chi connectivity index (χ1) is 7.09. The molecule has 0 aromatic carbocycles. The number of nitrogens with one attached hydrogen (secondary N) is 1. The highest BCUT2D eigenvalue weighted by atomic mass is 16.4. The van der Waals surface area contributed by atoms with Gasteiger partial charge in [-0.25, -0.2) is 0 Å². The summed E-state index contributed by atoms with van der Waals surface area (Å²) in [6, 6.07) is -0.356. The van der Waals surface area contributed by atoms with Crippen LogP contribution < -0.4 is 5.32 Å². The molecular weight excluding hydrogens is 190 g/mol. The van der Waals surface area contributed by atoms with Crippen LogP contribution in [0, 0.1) is 11.8 Å². The molecule has 3 heteroatoms. The number of rotatable bonds is 6. The molecule has 0 aromatic heterocycles. The van der Waals surface area contributed by atoms with Gasteiger partial charge in [-0.3, -0.25) is 4.79 Å². The van der Waals surface area contributed by atoms with Crippen LogP contribution in [0.5, 0.6) is 0 Å². The first-order valence-corrected chi connectivity index (χ1v) is 6.05. The first-order valence-electron chi connectivity index (χ1n) is 6.05. The zero-order valence-electron chi connectivity index (χ0n) is 9.83. The van der Waals surface area contributed by atoms with Crippen molar-refractivity contribution in [2.24, 2.45) is 11.8 Å². The third-order valence-corrected chi connectivity index (χ3v) is 3.13. The molecule has 1 aliphatic carbocycles. The van der Waals surface area contributed by atoms with E-state index in [0.717, 1.165) is 13.0 Å². The van der Waals surface area contributed by atoms with Crippen molar-refractivity contribution in [1.82, 2.24) is 5.32 Å². The predicted molar refractivity (Wildman–Crippen MR) is 60.8 cm³/mol. The number of carbonyl (C=O) groups is 1. The second-order valence-electron chi connectivity index (χ2n) is 5.08. The van der Waals surface area contributed by atoms with E-state index in [1.54, 1.807) is 0 Å². The van der Waals surface area contributed by atoms with Gasteiger partial charge in [0.25, 0.3) is 0 Å². The molecule has 1 unspecified atom stereocenters. The molecule has 0 amide bonds. The van der Waals surface area contributed by atoms with E-state index in [0.29, 0.717) is 11.8 Å². The molecule has 0 aliphatic heterocycles. The number of hydrogen-bond acceptors (Lipinski definition) is 2. The maximum absolute atomic E-state index is 11.0. The van der Waals surface area contributed by atoms with Crippen LogP contribution in [0.1, 0.15) is 46.0 Å². The van der Waals surface area contributed by atoms with Crippen LogP contribution in [0.2, 0.25) is 0 Å². The van der Waals surface area contributed by atoms with Gasteiger partial charge in [0, 0.05) is 0 Å². The molecule has 1 atom stereocenters. The van der Waals surface area contributed by atoms with Gasteiger partial charge in [-0.1, -0.05) is 26.7 Å². The van der Waals surface area contributed by atoms with Gasteiger partial charge in [0.1, 0.15) is 6.04 Å². The fourth-order valence-corrected chi connectivity index (χ4v) is 2.27. The zero-order valence-corrected chi connectivity index (χ0v) is 9.83. The van der Waals surface area contributed by atoms with Crippen LogP contribution in [-0.4, -0.2) is 23.7 Å². The molecular formula is C12H23NO2. The van der Waals surface area contributed by atoms with Gasteiger partial charge in [0.05, 0.1) is 0 Å². The summed E-state index contributed by atoms with van der Waals surface area (Å²) in [5.41, 5.74) is 0. The van der Waals surface area contributed by atoms with Crippen LogP contribution in [0.4, 0.5) is 0 Å². The molecule has 1 aliphatic rings. The van der Waals surface area contributed by atoms with Crippen molar-refractivity contribution in [3.05, 3.63) is 0 Å². The Hall–Kier alpha value is -0.570. The molecule has 0 saturated heterocycles. The third-order valence-electron chi connectivity index (χ3n) is 3.13. The maximum Gasteiger partial charge on any atom is 0.320 e. The van der Waals surface area contributed by atoms with E-state index >= 15 is 0 Å². The molecule has 3 nitrogen and oxygen atoms in total. The minimum atomic E-state index is -0.707. The normalized spacial score (nSPS) is 19.7. The summed E-state index contributed by atoms with van der Waals surface area (Å²) in [5, 5.41) is 12.2. The molecule has 2 N–H and O–H groups in total. The summed E-state index contributed by atoms with van der Waals surface area (Å²) in [6.07, 6.45) is 5.88. The Morgan fingerprint density at radius 1 is 1.40 bits per heavy atom. The van der Waals surface area contributed by atoms with Gasteiger partial charge in [-0.15, -0.1) is 0 Å². The molecule has 0 heterocycles. The van der Waals surface area contributed by atoms with E-state index in [-0.39, 0.29) is 6.04 Å². The van der Waals surface area contributed by atoms with E-state index in [1.807, 2.05) is 0 Å². The van der Waals surface area contributed by atoms with Gasteiger partial charge in [0.15, 0.2) is 0 Å². The third kappa shape index (κ3) is 4.65. The van der Waals surface area contributed by atoms with E-state index in [1.165, 1.54) is 25.7 Å². The van der Waals surface area contributed by atoms with Crippen LogP contribution >= 0.6 is 0 Å². The monoisotopic (exact) mass is 213 g/mol. The van der Waals surface area contributed by atoms with Crippen LogP contribution in [0.25, 0.3) is 0 Å².